The normalized spacial score (nSPS) is 11.2. The topological polar surface area (TPSA) is 60.5 Å². The summed E-state index contributed by atoms with van der Waals surface area (Å²) in [5.41, 5.74) is -0.212. The highest BCUT2D eigenvalue weighted by Crippen LogP contribution is 2.35. The molecule has 0 aliphatic rings. The Bertz CT molecular complexity index is 693. The molecule has 0 unspecified atom stereocenters. The molecule has 1 amide bonds. The SMILES string of the molecule is COc1nc(OC(F)(F)F)c(NC(=O)Cc2cccs2)cc1Br. The van der Waals surface area contributed by atoms with Gasteiger partial charge < -0.3 is 14.8 Å². The van der Waals surface area contributed by atoms with E-state index in [1.54, 1.807) is 17.5 Å². The van der Waals surface area contributed by atoms with Crippen molar-refractivity contribution >= 4 is 38.9 Å². The lowest BCUT2D eigenvalue weighted by molar-refractivity contribution is -0.275. The molecular weight excluding hydrogens is 401 g/mol. The number of hydrogen-bond acceptors (Lipinski definition) is 5. The Morgan fingerprint density at radius 2 is 2.17 bits per heavy atom. The molecule has 0 fully saturated rings. The summed E-state index contributed by atoms with van der Waals surface area (Å²) < 4.78 is 46.4. The van der Waals surface area contributed by atoms with Gasteiger partial charge in [0.15, 0.2) is 0 Å². The van der Waals surface area contributed by atoms with Crippen molar-refractivity contribution in [3.63, 3.8) is 0 Å². The minimum atomic E-state index is -4.95. The first kappa shape index (κ1) is 17.5. The fraction of sp³-hybridized carbons (Fsp3) is 0.231. The summed E-state index contributed by atoms with van der Waals surface area (Å²) in [5, 5.41) is 4.16. The second-order valence-corrected chi connectivity index (χ2v) is 6.07. The summed E-state index contributed by atoms with van der Waals surface area (Å²) in [7, 11) is 1.25. The number of pyridine rings is 1. The molecule has 0 atom stereocenters. The van der Waals surface area contributed by atoms with Gasteiger partial charge >= 0.3 is 6.36 Å². The molecular formula is C13H10BrF3N2O3S. The first-order valence-electron chi connectivity index (χ1n) is 6.11. The minimum Gasteiger partial charge on any atom is -0.480 e. The molecule has 0 spiro atoms. The third kappa shape index (κ3) is 5.10. The molecule has 2 rings (SSSR count). The highest BCUT2D eigenvalue weighted by molar-refractivity contribution is 9.10. The van der Waals surface area contributed by atoms with Gasteiger partial charge in [0.05, 0.1) is 18.0 Å². The summed E-state index contributed by atoms with van der Waals surface area (Å²) in [5.74, 6) is -1.38. The van der Waals surface area contributed by atoms with Gasteiger partial charge in [-0.25, -0.2) is 0 Å². The number of aromatic nitrogens is 1. The number of hydrogen-bond donors (Lipinski definition) is 1. The first-order valence-corrected chi connectivity index (χ1v) is 7.78. The minimum absolute atomic E-state index is 0.0345. The van der Waals surface area contributed by atoms with Crippen LogP contribution in [0.2, 0.25) is 0 Å². The van der Waals surface area contributed by atoms with E-state index in [0.29, 0.717) is 0 Å². The molecule has 0 radical (unpaired) electrons. The van der Waals surface area contributed by atoms with Crippen molar-refractivity contribution in [1.29, 1.82) is 0 Å². The zero-order chi connectivity index (χ0) is 17.0. The smallest absolute Gasteiger partial charge is 0.480 e. The van der Waals surface area contributed by atoms with Gasteiger partial charge in [0.1, 0.15) is 5.69 Å². The van der Waals surface area contributed by atoms with Crippen LogP contribution in [-0.4, -0.2) is 24.4 Å². The van der Waals surface area contributed by atoms with E-state index >= 15 is 0 Å². The summed E-state index contributed by atoms with van der Waals surface area (Å²) in [4.78, 5) is 16.3. The standard InChI is InChI=1S/C13H10BrF3N2O3S/c1-21-11-8(14)6-9(12(19-11)22-13(15,16)17)18-10(20)5-7-3-2-4-23-7/h2-4,6H,5H2,1H3,(H,18,20). The van der Waals surface area contributed by atoms with E-state index in [2.05, 4.69) is 31.0 Å². The van der Waals surface area contributed by atoms with Crippen LogP contribution in [0.4, 0.5) is 18.9 Å². The molecule has 23 heavy (non-hydrogen) atoms. The zero-order valence-corrected chi connectivity index (χ0v) is 14.0. The molecule has 0 aromatic carbocycles. The number of carbonyl (C=O) groups excluding carboxylic acids is 1. The molecule has 5 nitrogen and oxygen atoms in total. The lowest BCUT2D eigenvalue weighted by Crippen LogP contribution is -2.21. The summed E-state index contributed by atoms with van der Waals surface area (Å²) in [6, 6.07) is 4.76. The van der Waals surface area contributed by atoms with Crippen molar-refractivity contribution in [3.8, 4) is 11.8 Å². The van der Waals surface area contributed by atoms with Gasteiger partial charge in [0.25, 0.3) is 0 Å². The molecule has 0 aliphatic carbocycles. The first-order chi connectivity index (χ1) is 10.8. The van der Waals surface area contributed by atoms with Gasteiger partial charge in [-0.3, -0.25) is 4.79 Å². The number of carbonyl (C=O) groups is 1. The van der Waals surface area contributed by atoms with Crippen molar-refractivity contribution in [2.45, 2.75) is 12.8 Å². The fourth-order valence-electron chi connectivity index (χ4n) is 1.64. The molecule has 2 aromatic rings. The number of anilines is 1. The van der Waals surface area contributed by atoms with Gasteiger partial charge in [-0.15, -0.1) is 24.5 Å². The maximum atomic E-state index is 12.5. The Morgan fingerprint density at radius 3 is 2.74 bits per heavy atom. The van der Waals surface area contributed by atoms with Crippen molar-refractivity contribution < 1.29 is 27.4 Å². The fourth-order valence-corrected chi connectivity index (χ4v) is 2.82. The van der Waals surface area contributed by atoms with Crippen LogP contribution in [0.3, 0.4) is 0 Å². The second-order valence-electron chi connectivity index (χ2n) is 4.18. The Morgan fingerprint density at radius 1 is 1.43 bits per heavy atom. The van der Waals surface area contributed by atoms with Crippen LogP contribution in [0.15, 0.2) is 28.1 Å². The van der Waals surface area contributed by atoms with E-state index in [1.165, 1.54) is 24.5 Å². The number of nitrogens with zero attached hydrogens (tertiary/aromatic N) is 1. The predicted octanol–water partition coefficient (Wildman–Crippen LogP) is 3.99. The van der Waals surface area contributed by atoms with Gasteiger partial charge in [0.2, 0.25) is 17.7 Å². The van der Waals surface area contributed by atoms with Crippen molar-refractivity contribution in [1.82, 2.24) is 4.98 Å². The van der Waals surface area contributed by atoms with E-state index < -0.39 is 18.1 Å². The van der Waals surface area contributed by atoms with E-state index in [1.807, 2.05) is 0 Å². The highest BCUT2D eigenvalue weighted by atomic mass is 79.9. The van der Waals surface area contributed by atoms with Crippen LogP contribution in [0.5, 0.6) is 11.8 Å². The quantitative estimate of drug-likeness (QED) is 0.809. The number of ether oxygens (including phenoxy) is 2. The lowest BCUT2D eigenvalue weighted by Gasteiger charge is -2.14. The largest absolute Gasteiger partial charge is 0.574 e. The van der Waals surface area contributed by atoms with Crippen LogP contribution in [-0.2, 0) is 11.2 Å². The molecule has 1 N–H and O–H groups in total. The van der Waals surface area contributed by atoms with E-state index in [0.717, 1.165) is 4.88 Å². The predicted molar refractivity (Wildman–Crippen MR) is 81.8 cm³/mol. The molecule has 2 aromatic heterocycles. The molecule has 10 heteroatoms. The monoisotopic (exact) mass is 410 g/mol. The molecule has 0 saturated heterocycles. The maximum absolute atomic E-state index is 12.5. The van der Waals surface area contributed by atoms with E-state index in [-0.39, 0.29) is 22.5 Å². The molecule has 0 bridgehead atoms. The lowest BCUT2D eigenvalue weighted by atomic mass is 10.3. The number of thiophene rings is 1. The number of rotatable bonds is 5. The molecule has 0 aliphatic heterocycles. The Labute approximate surface area is 141 Å². The number of alkyl halides is 3. The van der Waals surface area contributed by atoms with Crippen molar-refractivity contribution in [3.05, 3.63) is 32.9 Å². The number of halogens is 4. The van der Waals surface area contributed by atoms with Crippen molar-refractivity contribution in [2.24, 2.45) is 0 Å². The number of nitrogens with one attached hydrogen (secondary N) is 1. The third-order valence-corrected chi connectivity index (χ3v) is 3.95. The number of amides is 1. The maximum Gasteiger partial charge on any atom is 0.574 e. The van der Waals surface area contributed by atoms with Crippen LogP contribution >= 0.6 is 27.3 Å². The van der Waals surface area contributed by atoms with E-state index in [9.17, 15) is 18.0 Å². The van der Waals surface area contributed by atoms with Crippen LogP contribution < -0.4 is 14.8 Å². The van der Waals surface area contributed by atoms with Crippen LogP contribution in [0, 0.1) is 0 Å². The van der Waals surface area contributed by atoms with E-state index in [4.69, 9.17) is 4.74 Å². The summed E-state index contributed by atoms with van der Waals surface area (Å²) in [6.45, 7) is 0. The molecule has 2 heterocycles. The molecule has 124 valence electrons. The van der Waals surface area contributed by atoms with Gasteiger partial charge in [0, 0.05) is 4.88 Å². The Kier molecular flexibility index (Phi) is 5.47. The van der Waals surface area contributed by atoms with Crippen LogP contribution in [0.25, 0.3) is 0 Å². The average Bonchev–Trinajstić information content (AvgIpc) is 2.93. The molecule has 0 saturated carbocycles. The third-order valence-electron chi connectivity index (χ3n) is 2.50. The second kappa shape index (κ2) is 7.18. The number of methoxy groups -OCH3 is 1. The zero-order valence-electron chi connectivity index (χ0n) is 11.6. The van der Waals surface area contributed by atoms with Gasteiger partial charge in [-0.1, -0.05) is 6.07 Å². The van der Waals surface area contributed by atoms with Gasteiger partial charge in [-0.05, 0) is 33.4 Å². The summed E-state index contributed by atoms with van der Waals surface area (Å²) in [6.07, 6.45) is -4.91. The Hall–Kier alpha value is -1.81. The van der Waals surface area contributed by atoms with Gasteiger partial charge in [-0.2, -0.15) is 4.98 Å². The average molecular weight is 411 g/mol. The van der Waals surface area contributed by atoms with Crippen LogP contribution in [0.1, 0.15) is 4.88 Å². The Balaban J connectivity index is 2.24. The van der Waals surface area contributed by atoms with Crippen molar-refractivity contribution in [2.75, 3.05) is 12.4 Å². The summed E-state index contributed by atoms with van der Waals surface area (Å²) >= 11 is 4.47. The highest BCUT2D eigenvalue weighted by Gasteiger charge is 2.34.